The largest absolute Gasteiger partial charge is 0.507 e. The van der Waals surface area contributed by atoms with Gasteiger partial charge in [0.1, 0.15) is 5.76 Å². The first-order valence-electron chi connectivity index (χ1n) is 10.1. The van der Waals surface area contributed by atoms with E-state index in [1.807, 2.05) is 6.07 Å². The van der Waals surface area contributed by atoms with Crippen molar-refractivity contribution in [2.75, 3.05) is 7.11 Å². The molecule has 30 heavy (non-hydrogen) atoms. The van der Waals surface area contributed by atoms with Crippen LogP contribution in [-0.2, 0) is 14.3 Å². The summed E-state index contributed by atoms with van der Waals surface area (Å²) in [6.45, 7) is 0. The molecule has 6 heteroatoms. The number of likely N-dealkylation sites (tertiary alicyclic amines) is 1. The van der Waals surface area contributed by atoms with Gasteiger partial charge < -0.3 is 14.7 Å². The number of esters is 1. The van der Waals surface area contributed by atoms with E-state index < -0.39 is 23.7 Å². The molecule has 4 rings (SSSR count). The fraction of sp³-hybridized carbons (Fsp3) is 0.292. The minimum absolute atomic E-state index is 0.0483. The average molecular weight is 405 g/mol. The molecule has 1 saturated carbocycles. The van der Waals surface area contributed by atoms with Crippen molar-refractivity contribution in [3.8, 4) is 0 Å². The van der Waals surface area contributed by atoms with E-state index >= 15 is 0 Å². The average Bonchev–Trinajstić information content (AvgIpc) is 3.40. The number of aliphatic hydroxyl groups excluding tert-OH is 1. The normalized spacial score (nSPS) is 21.2. The fourth-order valence-corrected chi connectivity index (χ4v) is 4.41. The molecule has 2 aliphatic rings. The van der Waals surface area contributed by atoms with E-state index in [1.165, 1.54) is 7.11 Å². The molecule has 2 fully saturated rings. The van der Waals surface area contributed by atoms with Gasteiger partial charge >= 0.3 is 5.97 Å². The summed E-state index contributed by atoms with van der Waals surface area (Å²) in [5.41, 5.74) is 1.62. The second kappa shape index (κ2) is 8.14. The zero-order chi connectivity index (χ0) is 21.3. The lowest BCUT2D eigenvalue weighted by Crippen LogP contribution is -2.37. The molecular formula is C24H23NO5. The number of carbonyl (C=O) groups excluding carboxylic acids is 3. The first-order chi connectivity index (χ1) is 14.5. The molecule has 1 N–H and O–H groups in total. The highest BCUT2D eigenvalue weighted by atomic mass is 16.5. The highest BCUT2D eigenvalue weighted by Crippen LogP contribution is 2.43. The van der Waals surface area contributed by atoms with Gasteiger partial charge in [-0.05, 0) is 30.5 Å². The Morgan fingerprint density at radius 3 is 2.20 bits per heavy atom. The van der Waals surface area contributed by atoms with Crippen molar-refractivity contribution < 1.29 is 24.2 Å². The molecule has 0 bridgehead atoms. The summed E-state index contributed by atoms with van der Waals surface area (Å²) >= 11 is 0. The van der Waals surface area contributed by atoms with Gasteiger partial charge in [0.25, 0.3) is 11.7 Å². The third-order valence-corrected chi connectivity index (χ3v) is 5.89. The summed E-state index contributed by atoms with van der Waals surface area (Å²) in [6.07, 6.45) is 3.66. The lowest BCUT2D eigenvalue weighted by atomic mass is 9.94. The number of carbonyl (C=O) groups is 3. The zero-order valence-electron chi connectivity index (χ0n) is 16.7. The van der Waals surface area contributed by atoms with Crippen molar-refractivity contribution in [2.45, 2.75) is 37.8 Å². The maximum atomic E-state index is 13.0. The lowest BCUT2D eigenvalue weighted by molar-refractivity contribution is -0.141. The maximum absolute atomic E-state index is 13.0. The van der Waals surface area contributed by atoms with Gasteiger partial charge in [-0.2, -0.15) is 0 Å². The molecule has 0 radical (unpaired) electrons. The quantitative estimate of drug-likeness (QED) is 0.362. The Hall–Kier alpha value is -3.41. The minimum Gasteiger partial charge on any atom is -0.507 e. The van der Waals surface area contributed by atoms with E-state index in [-0.39, 0.29) is 17.4 Å². The van der Waals surface area contributed by atoms with Crippen LogP contribution in [0.2, 0.25) is 0 Å². The number of methoxy groups -OCH3 is 1. The SMILES string of the molecule is COC(=O)c1ccc(C2/C(=C(\O)c3ccccc3)C(=O)C(=O)N2C2CCCC2)cc1. The Labute approximate surface area is 174 Å². The van der Waals surface area contributed by atoms with Crippen molar-refractivity contribution in [3.63, 3.8) is 0 Å². The summed E-state index contributed by atoms with van der Waals surface area (Å²) in [7, 11) is 1.31. The van der Waals surface area contributed by atoms with Gasteiger partial charge in [-0.3, -0.25) is 9.59 Å². The van der Waals surface area contributed by atoms with Crippen LogP contribution >= 0.6 is 0 Å². The standard InChI is InChI=1S/C24H23NO5/c1-30-24(29)17-13-11-15(12-14-17)20-19(21(26)16-7-3-2-4-8-16)22(27)23(28)25(20)18-9-5-6-10-18/h2-4,7-8,11-14,18,20,26H,5-6,9-10H2,1H3/b21-19+. The topological polar surface area (TPSA) is 83.9 Å². The molecule has 154 valence electrons. The van der Waals surface area contributed by atoms with Crippen molar-refractivity contribution in [3.05, 3.63) is 76.9 Å². The Kier molecular flexibility index (Phi) is 5.40. The van der Waals surface area contributed by atoms with Gasteiger partial charge in [0.05, 0.1) is 24.3 Å². The van der Waals surface area contributed by atoms with Crippen LogP contribution in [0.5, 0.6) is 0 Å². The van der Waals surface area contributed by atoms with Crippen molar-refractivity contribution in [2.24, 2.45) is 0 Å². The number of ketones is 1. The monoisotopic (exact) mass is 405 g/mol. The number of ether oxygens (including phenoxy) is 1. The number of aliphatic hydroxyl groups is 1. The Balaban J connectivity index is 1.84. The molecule has 1 amide bonds. The lowest BCUT2D eigenvalue weighted by Gasteiger charge is -2.30. The highest BCUT2D eigenvalue weighted by molar-refractivity contribution is 6.46. The van der Waals surface area contributed by atoms with E-state index in [0.717, 1.165) is 25.7 Å². The molecular weight excluding hydrogens is 382 g/mol. The number of hydrogen-bond acceptors (Lipinski definition) is 5. The molecule has 0 aromatic heterocycles. The maximum Gasteiger partial charge on any atom is 0.337 e. The van der Waals surface area contributed by atoms with Crippen LogP contribution in [-0.4, -0.2) is 40.8 Å². The van der Waals surface area contributed by atoms with E-state index in [2.05, 4.69) is 0 Å². The van der Waals surface area contributed by atoms with Gasteiger partial charge in [-0.15, -0.1) is 0 Å². The second-order valence-electron chi connectivity index (χ2n) is 7.62. The molecule has 6 nitrogen and oxygen atoms in total. The van der Waals surface area contributed by atoms with Gasteiger partial charge in [0.15, 0.2) is 0 Å². The first-order valence-corrected chi connectivity index (χ1v) is 10.1. The molecule has 1 saturated heterocycles. The van der Waals surface area contributed by atoms with E-state index in [0.29, 0.717) is 16.7 Å². The predicted octanol–water partition coefficient (Wildman–Crippen LogP) is 3.84. The van der Waals surface area contributed by atoms with Crippen molar-refractivity contribution in [1.29, 1.82) is 0 Å². The van der Waals surface area contributed by atoms with Gasteiger partial charge in [0, 0.05) is 11.6 Å². The zero-order valence-corrected chi connectivity index (χ0v) is 16.7. The highest BCUT2D eigenvalue weighted by Gasteiger charge is 2.49. The van der Waals surface area contributed by atoms with Crippen molar-refractivity contribution in [1.82, 2.24) is 4.90 Å². The molecule has 1 atom stereocenters. The second-order valence-corrected chi connectivity index (χ2v) is 7.62. The summed E-state index contributed by atoms with van der Waals surface area (Å²) in [5.74, 6) is -1.90. The molecule has 2 aromatic carbocycles. The van der Waals surface area contributed by atoms with Gasteiger partial charge in [-0.1, -0.05) is 55.3 Å². The molecule has 1 aliphatic carbocycles. The Morgan fingerprint density at radius 2 is 1.60 bits per heavy atom. The number of hydrogen-bond donors (Lipinski definition) is 1. The summed E-state index contributed by atoms with van der Waals surface area (Å²) in [5, 5.41) is 11.0. The van der Waals surface area contributed by atoms with Gasteiger partial charge in [0.2, 0.25) is 0 Å². The van der Waals surface area contributed by atoms with Crippen molar-refractivity contribution >= 4 is 23.4 Å². The molecule has 1 aliphatic heterocycles. The summed E-state index contributed by atoms with van der Waals surface area (Å²) in [6, 6.07) is 14.7. The van der Waals surface area contributed by atoms with Crippen LogP contribution in [0.1, 0.15) is 53.2 Å². The number of Topliss-reactive ketones (excluding diaryl/α,β-unsaturated/α-hetero) is 1. The number of rotatable bonds is 4. The molecule has 0 spiro atoms. The third-order valence-electron chi connectivity index (χ3n) is 5.89. The van der Waals surface area contributed by atoms with E-state index in [9.17, 15) is 19.5 Å². The Bertz CT molecular complexity index is 1000. The minimum atomic E-state index is -0.694. The number of amides is 1. The van der Waals surface area contributed by atoms with Crippen LogP contribution < -0.4 is 0 Å². The fourth-order valence-electron chi connectivity index (χ4n) is 4.41. The smallest absolute Gasteiger partial charge is 0.337 e. The molecule has 1 unspecified atom stereocenters. The molecule has 1 heterocycles. The van der Waals surface area contributed by atoms with Crippen LogP contribution in [0.4, 0.5) is 0 Å². The van der Waals surface area contributed by atoms with Crippen LogP contribution in [0.15, 0.2) is 60.2 Å². The van der Waals surface area contributed by atoms with Crippen LogP contribution in [0.25, 0.3) is 5.76 Å². The van der Waals surface area contributed by atoms with Gasteiger partial charge in [-0.25, -0.2) is 4.79 Å². The Morgan fingerprint density at radius 1 is 0.967 bits per heavy atom. The first kappa shape index (κ1) is 19.9. The van der Waals surface area contributed by atoms with E-state index in [4.69, 9.17) is 4.74 Å². The van der Waals surface area contributed by atoms with Crippen LogP contribution in [0.3, 0.4) is 0 Å². The number of benzene rings is 2. The molecule has 2 aromatic rings. The predicted molar refractivity (Wildman–Crippen MR) is 111 cm³/mol. The summed E-state index contributed by atoms with van der Waals surface area (Å²) < 4.78 is 4.75. The summed E-state index contributed by atoms with van der Waals surface area (Å²) in [4.78, 5) is 39.4. The third kappa shape index (κ3) is 3.38. The van der Waals surface area contributed by atoms with Crippen LogP contribution in [0, 0.1) is 0 Å². The van der Waals surface area contributed by atoms with E-state index in [1.54, 1.807) is 53.4 Å². The number of nitrogens with zero attached hydrogens (tertiary/aromatic N) is 1.